The number of aldehydes is 1. The van der Waals surface area contributed by atoms with Gasteiger partial charge in [0.15, 0.2) is 6.29 Å². The van der Waals surface area contributed by atoms with Crippen molar-refractivity contribution in [2.24, 2.45) is 0 Å². The number of carbonyl (C=O) groups excluding carboxylic acids is 1. The van der Waals surface area contributed by atoms with E-state index in [1.54, 1.807) is 10.8 Å². The zero-order valence-electron chi connectivity index (χ0n) is 14.0. The van der Waals surface area contributed by atoms with Gasteiger partial charge in [-0.15, -0.1) is 6.58 Å². The molecule has 0 unspecified atom stereocenters. The lowest BCUT2D eigenvalue weighted by Gasteiger charge is -2.34. The molecule has 1 aromatic heterocycles. The van der Waals surface area contributed by atoms with E-state index in [-0.39, 0.29) is 0 Å². The molecule has 5 nitrogen and oxygen atoms in total. The molecule has 1 saturated carbocycles. The van der Waals surface area contributed by atoms with Gasteiger partial charge in [-0.3, -0.25) is 9.69 Å². The number of fused-ring (bicyclic) bond motifs is 1. The first kappa shape index (κ1) is 17.2. The van der Waals surface area contributed by atoms with E-state index in [9.17, 15) is 4.79 Å². The van der Waals surface area contributed by atoms with Crippen LogP contribution in [0.25, 0.3) is 5.70 Å². The molecule has 2 heterocycles. The molecule has 6 heteroatoms. The summed E-state index contributed by atoms with van der Waals surface area (Å²) in [5, 5.41) is 4.48. The van der Waals surface area contributed by atoms with Crippen molar-refractivity contribution in [2.75, 3.05) is 25.0 Å². The maximum Gasteiger partial charge on any atom is 0.166 e. The summed E-state index contributed by atoms with van der Waals surface area (Å²) in [4.78, 5) is 16.2. The summed E-state index contributed by atoms with van der Waals surface area (Å²) in [6, 6.07) is 2.48. The normalized spacial score (nSPS) is 18.5. The van der Waals surface area contributed by atoms with Gasteiger partial charge in [-0.1, -0.05) is 25.5 Å². The van der Waals surface area contributed by atoms with Gasteiger partial charge >= 0.3 is 0 Å². The summed E-state index contributed by atoms with van der Waals surface area (Å²) < 4.78 is 2.53. The van der Waals surface area contributed by atoms with Gasteiger partial charge in [0.05, 0.1) is 11.4 Å². The minimum absolute atomic E-state index is 0.552. The van der Waals surface area contributed by atoms with E-state index in [1.807, 2.05) is 11.0 Å². The minimum atomic E-state index is 0.552. The second-order valence-electron chi connectivity index (χ2n) is 6.42. The van der Waals surface area contributed by atoms with Crippen LogP contribution in [-0.2, 0) is 4.79 Å². The standard InChI is InChI=1S/C18H23BrN4O/c1-4-9-22-16(12-24)15(11-21(3)14-7-5-6-8-14)13(2)23-18(22)10-17(19)20-23/h4,10,12,14H,1-2,5-9,11H2,3H3. The molecule has 128 valence electrons. The number of nitrogens with zero attached hydrogens (tertiary/aromatic N) is 4. The number of rotatable bonds is 6. The molecule has 0 atom stereocenters. The molecular formula is C18H23BrN4O. The molecule has 1 fully saturated rings. The fourth-order valence-corrected chi connectivity index (χ4v) is 4.01. The number of carbonyl (C=O) groups is 1. The molecule has 2 aliphatic rings. The van der Waals surface area contributed by atoms with Crippen LogP contribution >= 0.6 is 15.9 Å². The maximum absolute atomic E-state index is 11.9. The van der Waals surface area contributed by atoms with Gasteiger partial charge < -0.3 is 4.90 Å². The molecule has 0 radical (unpaired) electrons. The predicted molar refractivity (Wildman–Crippen MR) is 101 cm³/mol. The highest BCUT2D eigenvalue weighted by Crippen LogP contribution is 2.36. The van der Waals surface area contributed by atoms with Crippen LogP contribution in [-0.4, -0.2) is 47.1 Å². The van der Waals surface area contributed by atoms with Gasteiger partial charge in [-0.2, -0.15) is 5.10 Å². The molecule has 0 N–H and O–H groups in total. The Bertz CT molecular complexity index is 700. The van der Waals surface area contributed by atoms with Crippen molar-refractivity contribution in [1.29, 1.82) is 0 Å². The van der Waals surface area contributed by atoms with E-state index in [1.165, 1.54) is 25.7 Å². The van der Waals surface area contributed by atoms with Crippen molar-refractivity contribution in [3.63, 3.8) is 0 Å². The molecular weight excluding hydrogens is 368 g/mol. The second kappa shape index (κ2) is 7.07. The van der Waals surface area contributed by atoms with E-state index >= 15 is 0 Å². The highest BCUT2D eigenvalue weighted by atomic mass is 79.9. The highest BCUT2D eigenvalue weighted by molar-refractivity contribution is 9.10. The molecule has 0 aromatic carbocycles. The van der Waals surface area contributed by atoms with Gasteiger partial charge in [0.1, 0.15) is 10.4 Å². The zero-order chi connectivity index (χ0) is 17.3. The van der Waals surface area contributed by atoms with Crippen molar-refractivity contribution < 1.29 is 4.79 Å². The Balaban J connectivity index is 1.98. The lowest BCUT2D eigenvalue weighted by atomic mass is 10.1. The first-order chi connectivity index (χ1) is 11.6. The lowest BCUT2D eigenvalue weighted by Crippen LogP contribution is -2.37. The third kappa shape index (κ3) is 3.00. The van der Waals surface area contributed by atoms with Gasteiger partial charge in [0, 0.05) is 30.8 Å². The van der Waals surface area contributed by atoms with Crippen LogP contribution in [0.15, 0.2) is 41.2 Å². The summed E-state index contributed by atoms with van der Waals surface area (Å²) in [6.07, 6.45) is 7.74. The molecule has 0 saturated heterocycles. The first-order valence-corrected chi connectivity index (χ1v) is 9.08. The number of aromatic nitrogens is 2. The van der Waals surface area contributed by atoms with Crippen molar-refractivity contribution in [1.82, 2.24) is 14.7 Å². The minimum Gasteiger partial charge on any atom is -0.319 e. The quantitative estimate of drug-likeness (QED) is 0.550. The SMILES string of the molecule is C=CCN1C(C=O)=C(CN(C)C2CCCC2)C(=C)n2nc(Br)cc21. The van der Waals surface area contributed by atoms with Gasteiger partial charge in [0.25, 0.3) is 0 Å². The largest absolute Gasteiger partial charge is 0.319 e. The Kier molecular flexibility index (Phi) is 5.06. The van der Waals surface area contributed by atoms with Crippen molar-refractivity contribution in [3.05, 3.63) is 41.2 Å². The third-order valence-corrected chi connectivity index (χ3v) is 5.31. The monoisotopic (exact) mass is 390 g/mol. The molecule has 3 rings (SSSR count). The summed E-state index contributed by atoms with van der Waals surface area (Å²) in [6.45, 7) is 9.27. The molecule has 0 amide bonds. The predicted octanol–water partition coefficient (Wildman–Crippen LogP) is 3.45. The van der Waals surface area contributed by atoms with Crippen LogP contribution in [0.2, 0.25) is 0 Å². The van der Waals surface area contributed by atoms with E-state index in [4.69, 9.17) is 0 Å². The first-order valence-electron chi connectivity index (χ1n) is 8.29. The summed E-state index contributed by atoms with van der Waals surface area (Å²) in [5.74, 6) is 0.834. The average molecular weight is 391 g/mol. The Morgan fingerprint density at radius 3 is 2.79 bits per heavy atom. The summed E-state index contributed by atoms with van der Waals surface area (Å²) >= 11 is 3.42. The molecule has 1 aliphatic heterocycles. The van der Waals surface area contributed by atoms with Gasteiger partial charge in [-0.05, 0) is 35.8 Å². The number of likely N-dealkylation sites (N-methyl/N-ethyl adjacent to an activating group) is 1. The van der Waals surface area contributed by atoms with Crippen LogP contribution in [0.4, 0.5) is 5.82 Å². The van der Waals surface area contributed by atoms with E-state index in [2.05, 4.69) is 46.1 Å². The Morgan fingerprint density at radius 1 is 1.46 bits per heavy atom. The van der Waals surface area contributed by atoms with Gasteiger partial charge in [0.2, 0.25) is 0 Å². The van der Waals surface area contributed by atoms with E-state index in [0.29, 0.717) is 24.8 Å². The summed E-state index contributed by atoms with van der Waals surface area (Å²) in [7, 11) is 2.13. The molecule has 1 aromatic rings. The van der Waals surface area contributed by atoms with Crippen LogP contribution in [0.1, 0.15) is 25.7 Å². The fourth-order valence-electron chi connectivity index (χ4n) is 3.65. The molecule has 24 heavy (non-hydrogen) atoms. The maximum atomic E-state index is 11.9. The van der Waals surface area contributed by atoms with Crippen LogP contribution < -0.4 is 4.90 Å². The Labute approximate surface area is 151 Å². The zero-order valence-corrected chi connectivity index (χ0v) is 15.6. The van der Waals surface area contributed by atoms with Crippen LogP contribution in [0.3, 0.4) is 0 Å². The number of halogens is 1. The average Bonchev–Trinajstić information content (AvgIpc) is 3.21. The number of hydrogen-bond acceptors (Lipinski definition) is 4. The smallest absolute Gasteiger partial charge is 0.166 e. The lowest BCUT2D eigenvalue weighted by molar-refractivity contribution is -0.105. The fraction of sp³-hybridized carbons (Fsp3) is 0.444. The third-order valence-electron chi connectivity index (χ3n) is 4.92. The summed E-state index contributed by atoms with van der Waals surface area (Å²) in [5.41, 5.74) is 2.36. The van der Waals surface area contributed by atoms with Crippen molar-refractivity contribution in [3.8, 4) is 0 Å². The molecule has 1 aliphatic carbocycles. The Morgan fingerprint density at radius 2 is 2.17 bits per heavy atom. The molecule has 0 bridgehead atoms. The van der Waals surface area contributed by atoms with Crippen LogP contribution in [0, 0.1) is 0 Å². The van der Waals surface area contributed by atoms with Crippen LogP contribution in [0.5, 0.6) is 0 Å². The highest BCUT2D eigenvalue weighted by Gasteiger charge is 2.30. The topological polar surface area (TPSA) is 41.4 Å². The number of hydrogen-bond donors (Lipinski definition) is 0. The van der Waals surface area contributed by atoms with E-state index in [0.717, 1.165) is 28.0 Å². The number of allylic oxidation sites excluding steroid dienone is 1. The molecule has 0 spiro atoms. The van der Waals surface area contributed by atoms with Crippen molar-refractivity contribution >= 4 is 33.7 Å². The van der Waals surface area contributed by atoms with Crippen molar-refractivity contribution in [2.45, 2.75) is 31.7 Å². The van der Waals surface area contributed by atoms with Gasteiger partial charge in [-0.25, -0.2) is 4.68 Å². The Hall–Kier alpha value is -1.66. The second-order valence-corrected chi connectivity index (χ2v) is 7.23. The number of anilines is 1. The van der Waals surface area contributed by atoms with E-state index < -0.39 is 0 Å².